The lowest BCUT2D eigenvalue weighted by atomic mass is 10.3. The van der Waals surface area contributed by atoms with Crippen molar-refractivity contribution in [2.45, 2.75) is 38.2 Å². The molecule has 0 atom stereocenters. The van der Waals surface area contributed by atoms with Crippen LogP contribution in [0.25, 0.3) is 0 Å². The predicted octanol–water partition coefficient (Wildman–Crippen LogP) is 2.52. The molecule has 18 heavy (non-hydrogen) atoms. The molecule has 2 rings (SSSR count). The number of nitrogen functional groups attached to an aromatic ring is 1. The van der Waals surface area contributed by atoms with E-state index < -0.39 is 0 Å². The molecular weight excluding hydrogens is 230 g/mol. The summed E-state index contributed by atoms with van der Waals surface area (Å²) in [7, 11) is 0. The molecule has 0 radical (unpaired) electrons. The zero-order valence-corrected chi connectivity index (χ0v) is 10.4. The third-order valence-corrected chi connectivity index (χ3v) is 3.06. The van der Waals surface area contributed by atoms with Crippen LogP contribution < -0.4 is 10.5 Å². The Morgan fingerprint density at radius 1 is 1.22 bits per heavy atom. The van der Waals surface area contributed by atoms with Crippen LogP contribution in [0.1, 0.15) is 32.1 Å². The fourth-order valence-corrected chi connectivity index (χ4v) is 2.07. The molecule has 0 heterocycles. The monoisotopic (exact) mass is 249 g/mol. The first kappa shape index (κ1) is 12.7. The van der Waals surface area contributed by atoms with E-state index in [-0.39, 0.29) is 12.1 Å². The first-order chi connectivity index (χ1) is 8.74. The molecule has 1 aromatic carbocycles. The Morgan fingerprint density at radius 2 is 1.89 bits per heavy atom. The zero-order valence-electron chi connectivity index (χ0n) is 10.4. The molecule has 1 aliphatic rings. The van der Waals surface area contributed by atoms with E-state index in [1.54, 1.807) is 24.3 Å². The smallest absolute Gasteiger partial charge is 0.309 e. The van der Waals surface area contributed by atoms with Gasteiger partial charge in [0.05, 0.1) is 13.0 Å². The Kier molecular flexibility index (Phi) is 4.45. The van der Waals surface area contributed by atoms with Crippen LogP contribution in [-0.4, -0.2) is 18.7 Å². The van der Waals surface area contributed by atoms with Crippen LogP contribution in [0.15, 0.2) is 24.3 Å². The molecule has 0 saturated heterocycles. The van der Waals surface area contributed by atoms with Gasteiger partial charge in [-0.1, -0.05) is 0 Å². The van der Waals surface area contributed by atoms with Gasteiger partial charge in [0, 0.05) is 5.69 Å². The lowest BCUT2D eigenvalue weighted by Gasteiger charge is -2.11. The maximum Gasteiger partial charge on any atom is 0.309 e. The maximum atomic E-state index is 11.5. The molecule has 0 bridgehead atoms. The van der Waals surface area contributed by atoms with Crippen molar-refractivity contribution in [3.63, 3.8) is 0 Å². The number of carbonyl (C=O) groups is 1. The fraction of sp³-hybridized carbons (Fsp3) is 0.500. The molecular formula is C14H19NO3. The van der Waals surface area contributed by atoms with E-state index in [1.807, 2.05) is 0 Å². The number of rotatable bonds is 5. The largest absolute Gasteiger partial charge is 0.493 e. The summed E-state index contributed by atoms with van der Waals surface area (Å²) in [5.74, 6) is 0.551. The summed E-state index contributed by atoms with van der Waals surface area (Å²) in [4.78, 5) is 11.5. The molecule has 0 spiro atoms. The van der Waals surface area contributed by atoms with Gasteiger partial charge in [0.1, 0.15) is 11.9 Å². The first-order valence-electron chi connectivity index (χ1n) is 6.42. The van der Waals surface area contributed by atoms with E-state index in [4.69, 9.17) is 15.2 Å². The minimum atomic E-state index is -0.169. The maximum absolute atomic E-state index is 11.5. The van der Waals surface area contributed by atoms with E-state index >= 15 is 0 Å². The van der Waals surface area contributed by atoms with E-state index in [0.717, 1.165) is 18.6 Å². The van der Waals surface area contributed by atoms with E-state index in [9.17, 15) is 4.79 Å². The highest BCUT2D eigenvalue weighted by molar-refractivity contribution is 5.69. The number of anilines is 1. The number of ether oxygens (including phenoxy) is 2. The normalized spacial score (nSPS) is 15.6. The number of esters is 1. The fourth-order valence-electron chi connectivity index (χ4n) is 2.07. The Morgan fingerprint density at radius 3 is 2.56 bits per heavy atom. The van der Waals surface area contributed by atoms with E-state index in [0.29, 0.717) is 18.7 Å². The lowest BCUT2D eigenvalue weighted by Crippen LogP contribution is -2.16. The highest BCUT2D eigenvalue weighted by Gasteiger charge is 2.18. The summed E-state index contributed by atoms with van der Waals surface area (Å²) in [6, 6.07) is 7.12. The van der Waals surface area contributed by atoms with Gasteiger partial charge < -0.3 is 15.2 Å². The van der Waals surface area contributed by atoms with Crippen LogP contribution >= 0.6 is 0 Å². The van der Waals surface area contributed by atoms with Crippen molar-refractivity contribution in [3.05, 3.63) is 24.3 Å². The number of hydrogen-bond donors (Lipinski definition) is 1. The summed E-state index contributed by atoms with van der Waals surface area (Å²) >= 11 is 0. The third kappa shape index (κ3) is 3.95. The minimum Gasteiger partial charge on any atom is -0.493 e. The highest BCUT2D eigenvalue weighted by atomic mass is 16.5. The second-order valence-electron chi connectivity index (χ2n) is 4.56. The van der Waals surface area contributed by atoms with Gasteiger partial charge in [-0.25, -0.2) is 0 Å². The third-order valence-electron chi connectivity index (χ3n) is 3.06. The molecule has 4 heteroatoms. The number of benzene rings is 1. The first-order valence-corrected chi connectivity index (χ1v) is 6.42. The highest BCUT2D eigenvalue weighted by Crippen LogP contribution is 2.21. The van der Waals surface area contributed by atoms with Gasteiger partial charge in [-0.2, -0.15) is 0 Å². The Balaban J connectivity index is 1.65. The molecule has 1 aromatic rings. The van der Waals surface area contributed by atoms with Gasteiger partial charge in [0.15, 0.2) is 0 Å². The molecule has 98 valence electrons. The average molecular weight is 249 g/mol. The molecule has 0 aromatic heterocycles. The SMILES string of the molecule is Nc1ccc(OCCC(=O)OC2CCCC2)cc1. The van der Waals surface area contributed by atoms with Crippen LogP contribution in [0.5, 0.6) is 5.75 Å². The van der Waals surface area contributed by atoms with Crippen molar-refractivity contribution in [3.8, 4) is 5.75 Å². The van der Waals surface area contributed by atoms with Crippen LogP contribution in [-0.2, 0) is 9.53 Å². The quantitative estimate of drug-likeness (QED) is 0.643. The van der Waals surface area contributed by atoms with Gasteiger partial charge in [-0.3, -0.25) is 4.79 Å². The molecule has 0 amide bonds. The molecule has 2 N–H and O–H groups in total. The van der Waals surface area contributed by atoms with Crippen molar-refractivity contribution in [2.24, 2.45) is 0 Å². The average Bonchev–Trinajstić information content (AvgIpc) is 2.84. The van der Waals surface area contributed by atoms with Crippen molar-refractivity contribution < 1.29 is 14.3 Å². The van der Waals surface area contributed by atoms with Gasteiger partial charge in [-0.05, 0) is 49.9 Å². The molecule has 1 saturated carbocycles. The summed E-state index contributed by atoms with van der Waals surface area (Å²) in [6.45, 7) is 0.343. The number of hydrogen-bond acceptors (Lipinski definition) is 4. The van der Waals surface area contributed by atoms with Crippen LogP contribution in [0.4, 0.5) is 5.69 Å². The van der Waals surface area contributed by atoms with Crippen molar-refractivity contribution in [1.29, 1.82) is 0 Å². The zero-order chi connectivity index (χ0) is 12.8. The van der Waals surface area contributed by atoms with Crippen LogP contribution in [0.3, 0.4) is 0 Å². The summed E-state index contributed by atoms with van der Waals surface area (Å²) in [5, 5.41) is 0. The molecule has 4 nitrogen and oxygen atoms in total. The van der Waals surface area contributed by atoms with Gasteiger partial charge in [-0.15, -0.1) is 0 Å². The second-order valence-corrected chi connectivity index (χ2v) is 4.56. The van der Waals surface area contributed by atoms with Crippen LogP contribution in [0, 0.1) is 0 Å². The molecule has 1 aliphatic carbocycles. The lowest BCUT2D eigenvalue weighted by molar-refractivity contribution is -0.149. The topological polar surface area (TPSA) is 61.5 Å². The van der Waals surface area contributed by atoms with E-state index in [1.165, 1.54) is 12.8 Å². The van der Waals surface area contributed by atoms with Gasteiger partial charge in [0.2, 0.25) is 0 Å². The standard InChI is InChI=1S/C14H19NO3/c15-11-5-7-12(8-6-11)17-10-9-14(16)18-13-3-1-2-4-13/h5-8,13H,1-4,9-10,15H2. The van der Waals surface area contributed by atoms with Crippen molar-refractivity contribution >= 4 is 11.7 Å². The minimum absolute atomic E-state index is 0.133. The number of nitrogens with two attached hydrogens (primary N) is 1. The number of carbonyl (C=O) groups excluding carboxylic acids is 1. The predicted molar refractivity (Wildman–Crippen MR) is 69.3 cm³/mol. The summed E-state index contributed by atoms with van der Waals surface area (Å²) in [5.41, 5.74) is 6.26. The van der Waals surface area contributed by atoms with E-state index in [2.05, 4.69) is 0 Å². The Bertz CT molecular complexity index is 383. The molecule has 1 fully saturated rings. The molecule has 0 unspecified atom stereocenters. The Hall–Kier alpha value is -1.71. The Labute approximate surface area is 107 Å². The second kappa shape index (κ2) is 6.28. The van der Waals surface area contributed by atoms with Gasteiger partial charge in [0.25, 0.3) is 0 Å². The van der Waals surface area contributed by atoms with Crippen molar-refractivity contribution in [1.82, 2.24) is 0 Å². The van der Waals surface area contributed by atoms with Gasteiger partial charge >= 0.3 is 5.97 Å². The van der Waals surface area contributed by atoms with Crippen LogP contribution in [0.2, 0.25) is 0 Å². The molecule has 0 aliphatic heterocycles. The summed E-state index contributed by atoms with van der Waals surface area (Å²) in [6.07, 6.45) is 4.77. The van der Waals surface area contributed by atoms with Crippen molar-refractivity contribution in [2.75, 3.05) is 12.3 Å². The summed E-state index contributed by atoms with van der Waals surface area (Å²) < 4.78 is 10.8.